The molecule has 19 heavy (non-hydrogen) atoms. The van der Waals surface area contributed by atoms with Gasteiger partial charge in [-0.2, -0.15) is 0 Å². The minimum atomic E-state index is 0.340. The molecule has 4 heteroatoms. The van der Waals surface area contributed by atoms with Crippen LogP contribution < -0.4 is 5.32 Å². The van der Waals surface area contributed by atoms with Crippen molar-refractivity contribution in [1.82, 2.24) is 10.3 Å². The summed E-state index contributed by atoms with van der Waals surface area (Å²) in [6.07, 6.45) is 3.66. The molecule has 1 aromatic heterocycles. The Labute approximate surface area is 127 Å². The minimum Gasteiger partial charge on any atom is -0.310 e. The van der Waals surface area contributed by atoms with Gasteiger partial charge in [-0.25, -0.2) is 0 Å². The van der Waals surface area contributed by atoms with Gasteiger partial charge in [-0.3, -0.25) is 4.98 Å². The Balaban J connectivity index is 2.29. The van der Waals surface area contributed by atoms with Gasteiger partial charge < -0.3 is 5.32 Å². The van der Waals surface area contributed by atoms with E-state index in [0.717, 1.165) is 11.0 Å². The predicted octanol–water partition coefficient (Wildman–Crippen LogP) is 4.67. The summed E-state index contributed by atoms with van der Waals surface area (Å²) in [5, 5.41) is 3.47. The molecule has 0 saturated heterocycles. The van der Waals surface area contributed by atoms with Crippen molar-refractivity contribution in [3.63, 3.8) is 0 Å². The molecule has 0 spiro atoms. The number of benzene rings is 1. The standard InChI is InChI=1S/C15H17BrN2S/c1-3-18-11(2)14-10-12(16)4-5-15(14)19-13-6-8-17-9-7-13/h4-11,18H,3H2,1-2H3. The summed E-state index contributed by atoms with van der Waals surface area (Å²) in [5.41, 5.74) is 1.32. The van der Waals surface area contributed by atoms with Gasteiger partial charge in [0.05, 0.1) is 0 Å². The molecule has 0 aliphatic rings. The maximum atomic E-state index is 4.05. The van der Waals surface area contributed by atoms with Crippen LogP contribution in [0, 0.1) is 0 Å². The number of nitrogens with zero attached hydrogens (tertiary/aromatic N) is 1. The molecule has 1 atom stereocenters. The summed E-state index contributed by atoms with van der Waals surface area (Å²) >= 11 is 5.33. The van der Waals surface area contributed by atoms with Crippen molar-refractivity contribution in [2.24, 2.45) is 0 Å². The Morgan fingerprint density at radius 1 is 1.26 bits per heavy atom. The van der Waals surface area contributed by atoms with Gasteiger partial charge in [0.1, 0.15) is 0 Å². The predicted molar refractivity (Wildman–Crippen MR) is 84.6 cm³/mol. The van der Waals surface area contributed by atoms with Gasteiger partial charge in [-0.1, -0.05) is 34.6 Å². The van der Waals surface area contributed by atoms with Gasteiger partial charge >= 0.3 is 0 Å². The molecule has 1 N–H and O–H groups in total. The molecule has 1 aromatic carbocycles. The normalized spacial score (nSPS) is 12.4. The second-order valence-corrected chi connectivity index (χ2v) is 6.28. The molecular formula is C15H17BrN2S. The number of hydrogen-bond donors (Lipinski definition) is 1. The van der Waals surface area contributed by atoms with E-state index in [4.69, 9.17) is 0 Å². The number of pyridine rings is 1. The van der Waals surface area contributed by atoms with Crippen LogP contribution in [0.2, 0.25) is 0 Å². The highest BCUT2D eigenvalue weighted by Crippen LogP contribution is 2.34. The Bertz CT molecular complexity index is 531. The molecule has 100 valence electrons. The van der Waals surface area contributed by atoms with Crippen LogP contribution in [0.5, 0.6) is 0 Å². The van der Waals surface area contributed by atoms with Crippen molar-refractivity contribution in [2.75, 3.05) is 6.54 Å². The van der Waals surface area contributed by atoms with E-state index in [0.29, 0.717) is 6.04 Å². The van der Waals surface area contributed by atoms with Crippen LogP contribution in [-0.2, 0) is 0 Å². The zero-order valence-electron chi connectivity index (χ0n) is 11.1. The van der Waals surface area contributed by atoms with E-state index in [2.05, 4.69) is 58.3 Å². The molecule has 0 bridgehead atoms. The van der Waals surface area contributed by atoms with Crippen molar-refractivity contribution >= 4 is 27.7 Å². The van der Waals surface area contributed by atoms with Crippen LogP contribution in [0.25, 0.3) is 0 Å². The van der Waals surface area contributed by atoms with Crippen LogP contribution >= 0.6 is 27.7 Å². The number of halogens is 1. The van der Waals surface area contributed by atoms with Gasteiger partial charge in [-0.05, 0) is 49.4 Å². The average Bonchev–Trinajstić information content (AvgIpc) is 2.42. The molecule has 2 nitrogen and oxygen atoms in total. The molecule has 0 aliphatic carbocycles. The third-order valence-electron chi connectivity index (χ3n) is 2.83. The maximum absolute atomic E-state index is 4.05. The zero-order chi connectivity index (χ0) is 13.7. The Morgan fingerprint density at radius 2 is 2.00 bits per heavy atom. The van der Waals surface area contributed by atoms with Crippen molar-refractivity contribution in [2.45, 2.75) is 29.7 Å². The Hall–Kier alpha value is -0.840. The van der Waals surface area contributed by atoms with E-state index in [9.17, 15) is 0 Å². The number of hydrogen-bond acceptors (Lipinski definition) is 3. The Morgan fingerprint density at radius 3 is 2.68 bits per heavy atom. The molecule has 0 fully saturated rings. The fourth-order valence-corrected chi connectivity index (χ4v) is 3.28. The molecule has 1 unspecified atom stereocenters. The fourth-order valence-electron chi connectivity index (χ4n) is 1.90. The van der Waals surface area contributed by atoms with E-state index in [1.165, 1.54) is 15.4 Å². The van der Waals surface area contributed by atoms with E-state index < -0.39 is 0 Å². The lowest BCUT2D eigenvalue weighted by atomic mass is 10.1. The van der Waals surface area contributed by atoms with Crippen LogP contribution in [0.15, 0.2) is 57.0 Å². The van der Waals surface area contributed by atoms with Crippen molar-refractivity contribution < 1.29 is 0 Å². The fraction of sp³-hybridized carbons (Fsp3) is 0.267. The maximum Gasteiger partial charge on any atom is 0.0303 e. The third kappa shape index (κ3) is 4.06. The van der Waals surface area contributed by atoms with Gasteiger partial charge in [0.15, 0.2) is 0 Å². The largest absolute Gasteiger partial charge is 0.310 e. The lowest BCUT2D eigenvalue weighted by Gasteiger charge is -2.17. The van der Waals surface area contributed by atoms with E-state index >= 15 is 0 Å². The molecule has 1 heterocycles. The van der Waals surface area contributed by atoms with Crippen molar-refractivity contribution in [1.29, 1.82) is 0 Å². The molecule has 2 aromatic rings. The highest BCUT2D eigenvalue weighted by Gasteiger charge is 2.11. The first kappa shape index (κ1) is 14.6. The average molecular weight is 337 g/mol. The first-order chi connectivity index (χ1) is 9.20. The van der Waals surface area contributed by atoms with Gasteiger partial charge in [-0.15, -0.1) is 0 Å². The van der Waals surface area contributed by atoms with E-state index in [1.807, 2.05) is 24.5 Å². The summed E-state index contributed by atoms with van der Waals surface area (Å²) in [7, 11) is 0. The first-order valence-electron chi connectivity index (χ1n) is 6.31. The van der Waals surface area contributed by atoms with Crippen molar-refractivity contribution in [3.05, 3.63) is 52.8 Å². The smallest absolute Gasteiger partial charge is 0.0303 e. The summed E-state index contributed by atoms with van der Waals surface area (Å²) in [4.78, 5) is 6.55. The topological polar surface area (TPSA) is 24.9 Å². The lowest BCUT2D eigenvalue weighted by Crippen LogP contribution is -2.18. The summed E-state index contributed by atoms with van der Waals surface area (Å²) in [6.45, 7) is 5.29. The highest BCUT2D eigenvalue weighted by molar-refractivity contribution is 9.10. The van der Waals surface area contributed by atoms with Crippen molar-refractivity contribution in [3.8, 4) is 0 Å². The summed E-state index contributed by atoms with van der Waals surface area (Å²) < 4.78 is 1.12. The third-order valence-corrected chi connectivity index (χ3v) is 4.42. The van der Waals surface area contributed by atoms with Gasteiger partial charge in [0, 0.05) is 32.7 Å². The second-order valence-electron chi connectivity index (χ2n) is 4.25. The zero-order valence-corrected chi connectivity index (χ0v) is 13.5. The summed E-state index contributed by atoms with van der Waals surface area (Å²) in [5.74, 6) is 0. The number of nitrogens with one attached hydrogen (secondary N) is 1. The molecular weight excluding hydrogens is 320 g/mol. The Kier molecular flexibility index (Phi) is 5.43. The molecule has 0 radical (unpaired) electrons. The number of aromatic nitrogens is 1. The van der Waals surface area contributed by atoms with E-state index in [-0.39, 0.29) is 0 Å². The van der Waals surface area contributed by atoms with E-state index in [1.54, 1.807) is 11.8 Å². The molecule has 0 aliphatic heterocycles. The van der Waals surface area contributed by atoms with Crippen LogP contribution in [-0.4, -0.2) is 11.5 Å². The quantitative estimate of drug-likeness (QED) is 0.858. The van der Waals surface area contributed by atoms with Crippen LogP contribution in [0.4, 0.5) is 0 Å². The molecule has 2 rings (SSSR count). The molecule has 0 amide bonds. The monoisotopic (exact) mass is 336 g/mol. The first-order valence-corrected chi connectivity index (χ1v) is 7.92. The SMILES string of the molecule is CCNC(C)c1cc(Br)ccc1Sc1ccncc1. The molecule has 0 saturated carbocycles. The van der Waals surface area contributed by atoms with Crippen LogP contribution in [0.3, 0.4) is 0 Å². The highest BCUT2D eigenvalue weighted by atomic mass is 79.9. The minimum absolute atomic E-state index is 0.340. The van der Waals surface area contributed by atoms with Crippen LogP contribution in [0.1, 0.15) is 25.5 Å². The van der Waals surface area contributed by atoms with Gasteiger partial charge in [0.2, 0.25) is 0 Å². The van der Waals surface area contributed by atoms with Gasteiger partial charge in [0.25, 0.3) is 0 Å². The number of rotatable bonds is 5. The summed E-state index contributed by atoms with van der Waals surface area (Å²) in [6, 6.07) is 10.9. The second kappa shape index (κ2) is 7.08. The lowest BCUT2D eigenvalue weighted by molar-refractivity contribution is 0.589.